The monoisotopic (exact) mass is 481 g/mol. The van der Waals surface area contributed by atoms with Crippen molar-refractivity contribution < 1.29 is 27.6 Å². The fourth-order valence-corrected chi connectivity index (χ4v) is 3.81. The van der Waals surface area contributed by atoms with E-state index in [9.17, 15) is 27.6 Å². The molecule has 3 amide bonds. The third-order valence-corrected chi connectivity index (χ3v) is 5.75. The molecule has 1 heterocycles. The number of rotatable bonds is 6. The Morgan fingerprint density at radius 1 is 1.09 bits per heavy atom. The number of anilines is 1. The van der Waals surface area contributed by atoms with Gasteiger partial charge < -0.3 is 21.7 Å². The number of halogens is 3. The van der Waals surface area contributed by atoms with Crippen LogP contribution in [0.4, 0.5) is 18.9 Å². The highest BCUT2D eigenvalue weighted by Gasteiger charge is 2.35. The molecule has 0 spiro atoms. The zero-order valence-electron chi connectivity index (χ0n) is 17.4. The van der Waals surface area contributed by atoms with E-state index < -0.39 is 47.2 Å². The van der Waals surface area contributed by atoms with Gasteiger partial charge in [-0.3, -0.25) is 19.7 Å². The van der Waals surface area contributed by atoms with Gasteiger partial charge in [-0.2, -0.15) is 13.2 Å². The van der Waals surface area contributed by atoms with E-state index in [1.807, 2.05) is 6.92 Å². The van der Waals surface area contributed by atoms with Gasteiger partial charge in [-0.25, -0.2) is 0 Å². The highest BCUT2D eigenvalue weighted by molar-refractivity contribution is 8.00. The molecule has 0 radical (unpaired) electrons. The average molecular weight is 482 g/mol. The molecular weight excluding hydrogens is 459 g/mol. The van der Waals surface area contributed by atoms with Crippen LogP contribution in [-0.4, -0.2) is 41.2 Å². The summed E-state index contributed by atoms with van der Waals surface area (Å²) < 4.78 is 37.8. The third kappa shape index (κ3) is 6.70. The molecule has 8 nitrogen and oxygen atoms in total. The highest BCUT2D eigenvalue weighted by atomic mass is 32.2. The Bertz CT molecular complexity index is 1020. The van der Waals surface area contributed by atoms with Crippen LogP contribution in [0.5, 0.6) is 0 Å². The van der Waals surface area contributed by atoms with Gasteiger partial charge in [-0.1, -0.05) is 17.7 Å². The molecular formula is C21H22F3N5O3S. The lowest BCUT2D eigenvalue weighted by Crippen LogP contribution is -2.70. The SMILES string of the molecule is Cc1ccc(C(=O)NC2C(=O)NC(SCC(=O)Nc3ccc(C(F)(F)F)cc3)NC2N)cc1. The minimum Gasteiger partial charge on any atom is -0.338 e. The maximum absolute atomic E-state index is 12.6. The predicted octanol–water partition coefficient (Wildman–Crippen LogP) is 1.77. The highest BCUT2D eigenvalue weighted by Crippen LogP contribution is 2.29. The number of benzene rings is 2. The summed E-state index contributed by atoms with van der Waals surface area (Å²) in [5, 5.41) is 10.6. The number of nitrogens with two attached hydrogens (primary N) is 1. The molecule has 1 saturated heterocycles. The van der Waals surface area contributed by atoms with E-state index in [4.69, 9.17) is 5.73 Å². The second-order valence-corrected chi connectivity index (χ2v) is 8.43. The molecule has 33 heavy (non-hydrogen) atoms. The van der Waals surface area contributed by atoms with E-state index in [1.54, 1.807) is 24.3 Å². The number of alkyl halides is 3. The molecule has 176 valence electrons. The van der Waals surface area contributed by atoms with Crippen molar-refractivity contribution in [2.45, 2.75) is 30.8 Å². The molecule has 12 heteroatoms. The smallest absolute Gasteiger partial charge is 0.338 e. The molecule has 1 aliphatic heterocycles. The van der Waals surface area contributed by atoms with Gasteiger partial charge in [0, 0.05) is 11.3 Å². The molecule has 2 aromatic carbocycles. The van der Waals surface area contributed by atoms with Gasteiger partial charge in [0.1, 0.15) is 11.5 Å². The van der Waals surface area contributed by atoms with E-state index in [1.165, 1.54) is 0 Å². The van der Waals surface area contributed by atoms with Crippen LogP contribution in [0, 0.1) is 6.92 Å². The van der Waals surface area contributed by atoms with Crippen LogP contribution in [-0.2, 0) is 15.8 Å². The first-order valence-electron chi connectivity index (χ1n) is 9.81. The molecule has 3 unspecified atom stereocenters. The molecule has 1 aliphatic rings. The number of hydrogen-bond donors (Lipinski definition) is 5. The summed E-state index contributed by atoms with van der Waals surface area (Å²) >= 11 is 1.03. The Balaban J connectivity index is 1.47. The zero-order valence-corrected chi connectivity index (χ0v) is 18.2. The Morgan fingerprint density at radius 3 is 2.30 bits per heavy atom. The van der Waals surface area contributed by atoms with E-state index in [0.29, 0.717) is 5.56 Å². The number of amides is 3. The summed E-state index contributed by atoms with van der Waals surface area (Å²) in [6, 6.07) is 9.86. The second kappa shape index (κ2) is 10.2. The summed E-state index contributed by atoms with van der Waals surface area (Å²) in [5.74, 6) is -1.54. The van der Waals surface area contributed by atoms with Gasteiger partial charge in [0.2, 0.25) is 11.8 Å². The van der Waals surface area contributed by atoms with Crippen LogP contribution in [0.2, 0.25) is 0 Å². The van der Waals surface area contributed by atoms with E-state index in [0.717, 1.165) is 41.6 Å². The molecule has 0 aliphatic carbocycles. The molecule has 2 aromatic rings. The van der Waals surface area contributed by atoms with E-state index in [2.05, 4.69) is 21.3 Å². The van der Waals surface area contributed by atoms with Crippen molar-refractivity contribution in [3.05, 3.63) is 65.2 Å². The lowest BCUT2D eigenvalue weighted by atomic mass is 10.1. The summed E-state index contributed by atoms with van der Waals surface area (Å²) in [7, 11) is 0. The van der Waals surface area contributed by atoms with Crippen LogP contribution in [0.15, 0.2) is 48.5 Å². The summed E-state index contributed by atoms with van der Waals surface area (Å²) in [5.41, 5.74) is 6.07. The van der Waals surface area contributed by atoms with Crippen LogP contribution in [0.3, 0.4) is 0 Å². The molecule has 3 rings (SSSR count). The Morgan fingerprint density at radius 2 is 1.73 bits per heavy atom. The number of aryl methyl sites for hydroxylation is 1. The second-order valence-electron chi connectivity index (χ2n) is 7.33. The molecule has 6 N–H and O–H groups in total. The number of carbonyl (C=O) groups excluding carboxylic acids is 3. The van der Waals surface area contributed by atoms with Gasteiger partial charge in [0.05, 0.1) is 17.5 Å². The largest absolute Gasteiger partial charge is 0.416 e. The van der Waals surface area contributed by atoms with E-state index in [-0.39, 0.29) is 11.4 Å². The maximum atomic E-state index is 12.6. The Labute approximate surface area is 191 Å². The maximum Gasteiger partial charge on any atom is 0.416 e. The first-order valence-corrected chi connectivity index (χ1v) is 10.9. The minimum atomic E-state index is -4.46. The lowest BCUT2D eigenvalue weighted by Gasteiger charge is -2.35. The molecule has 0 bridgehead atoms. The first-order chi connectivity index (χ1) is 15.5. The van der Waals surface area contributed by atoms with Crippen LogP contribution in [0.1, 0.15) is 21.5 Å². The summed E-state index contributed by atoms with van der Waals surface area (Å²) in [4.78, 5) is 36.9. The zero-order chi connectivity index (χ0) is 24.2. The third-order valence-electron chi connectivity index (χ3n) is 4.74. The quantitative estimate of drug-likeness (QED) is 0.428. The fraction of sp³-hybridized carbons (Fsp3) is 0.286. The van der Waals surface area contributed by atoms with Crippen molar-refractivity contribution in [1.29, 1.82) is 0 Å². The van der Waals surface area contributed by atoms with Crippen molar-refractivity contribution >= 4 is 35.2 Å². The first kappa shape index (κ1) is 24.6. The lowest BCUT2D eigenvalue weighted by molar-refractivity contribution is -0.137. The van der Waals surface area contributed by atoms with Gasteiger partial charge in [-0.05, 0) is 43.3 Å². The van der Waals surface area contributed by atoms with Crippen LogP contribution < -0.4 is 27.0 Å². The summed E-state index contributed by atoms with van der Waals surface area (Å²) in [6.07, 6.45) is -5.36. The van der Waals surface area contributed by atoms with Crippen molar-refractivity contribution in [1.82, 2.24) is 16.0 Å². The standard InChI is InChI=1S/C21H22F3N5O3S/c1-11-2-4-12(5-3-11)18(31)27-16-17(25)28-20(29-19(16)32)33-10-15(30)26-14-8-6-13(7-9-14)21(22,23)24/h2-9,16-17,20,28H,10,25H2,1H3,(H,26,30)(H,27,31)(H,29,32). The number of nitrogens with one attached hydrogen (secondary N) is 4. The number of thioether (sulfide) groups is 1. The minimum absolute atomic E-state index is 0.105. The van der Waals surface area contributed by atoms with E-state index >= 15 is 0 Å². The van der Waals surface area contributed by atoms with Gasteiger partial charge in [-0.15, -0.1) is 11.8 Å². The molecule has 1 fully saturated rings. The Hall–Kier alpha value is -3.09. The topological polar surface area (TPSA) is 125 Å². The normalized spacial score (nSPS) is 20.6. The number of hydrogen-bond acceptors (Lipinski definition) is 6. The van der Waals surface area contributed by atoms with Gasteiger partial charge >= 0.3 is 6.18 Å². The van der Waals surface area contributed by atoms with Crippen molar-refractivity contribution in [3.63, 3.8) is 0 Å². The average Bonchev–Trinajstić information content (AvgIpc) is 2.75. The van der Waals surface area contributed by atoms with Crippen LogP contribution in [0.25, 0.3) is 0 Å². The fourth-order valence-electron chi connectivity index (χ4n) is 2.97. The van der Waals surface area contributed by atoms with Crippen molar-refractivity contribution in [2.24, 2.45) is 5.73 Å². The number of carbonyl (C=O) groups is 3. The van der Waals surface area contributed by atoms with Crippen molar-refractivity contribution in [2.75, 3.05) is 11.1 Å². The van der Waals surface area contributed by atoms with Gasteiger partial charge in [0.15, 0.2) is 0 Å². The van der Waals surface area contributed by atoms with Gasteiger partial charge in [0.25, 0.3) is 5.91 Å². The molecule has 0 saturated carbocycles. The molecule has 3 atom stereocenters. The van der Waals surface area contributed by atoms with Crippen molar-refractivity contribution in [3.8, 4) is 0 Å². The van der Waals surface area contributed by atoms with Crippen LogP contribution >= 0.6 is 11.8 Å². The Kier molecular flexibility index (Phi) is 7.61. The predicted molar refractivity (Wildman–Crippen MR) is 118 cm³/mol. The molecule has 0 aromatic heterocycles. The summed E-state index contributed by atoms with van der Waals surface area (Å²) in [6.45, 7) is 1.89.